The molecule has 1 fully saturated rings. The molecule has 0 N–H and O–H groups in total. The molecule has 2 aromatic rings. The van der Waals surface area contributed by atoms with Crippen LogP contribution in [-0.4, -0.2) is 34.6 Å². The number of carbonyl (C=O) groups excluding carboxylic acids is 1. The highest BCUT2D eigenvalue weighted by Crippen LogP contribution is 2.36. The van der Waals surface area contributed by atoms with Crippen LogP contribution in [0.5, 0.6) is 0 Å². The molecule has 2 heterocycles. The van der Waals surface area contributed by atoms with Crippen LogP contribution in [0.4, 0.5) is 0 Å². The number of rotatable bonds is 3. The van der Waals surface area contributed by atoms with Crippen molar-refractivity contribution >= 4 is 28.6 Å². The summed E-state index contributed by atoms with van der Waals surface area (Å²) in [5, 5.41) is 1.21. The Bertz CT molecular complexity index is 751. The summed E-state index contributed by atoms with van der Waals surface area (Å²) in [4.78, 5) is 20.9. The molecule has 1 saturated heterocycles. The SMILES string of the molecule is O=C(CSc1c2c(nc3ccccc13)CCC2)N1CCCCCC1. The number of aryl methyl sites for hydroxylation is 1. The summed E-state index contributed by atoms with van der Waals surface area (Å²) in [6.45, 7) is 1.88. The van der Waals surface area contributed by atoms with Gasteiger partial charge in [0.05, 0.1) is 11.3 Å². The van der Waals surface area contributed by atoms with Gasteiger partial charge in [0.1, 0.15) is 0 Å². The van der Waals surface area contributed by atoms with E-state index in [0.29, 0.717) is 11.7 Å². The van der Waals surface area contributed by atoms with E-state index in [1.165, 1.54) is 40.8 Å². The first-order chi connectivity index (χ1) is 11.8. The fraction of sp³-hybridized carbons (Fsp3) is 0.500. The first kappa shape index (κ1) is 15.9. The highest BCUT2D eigenvalue weighted by molar-refractivity contribution is 8.00. The maximum atomic E-state index is 12.6. The van der Waals surface area contributed by atoms with E-state index in [2.05, 4.69) is 23.1 Å². The number of likely N-dealkylation sites (tertiary alicyclic amines) is 1. The summed E-state index contributed by atoms with van der Waals surface area (Å²) in [6.07, 6.45) is 8.21. The number of pyridine rings is 1. The number of benzene rings is 1. The van der Waals surface area contributed by atoms with Crippen LogP contribution in [0.3, 0.4) is 0 Å². The Morgan fingerprint density at radius 1 is 1.04 bits per heavy atom. The van der Waals surface area contributed by atoms with E-state index < -0.39 is 0 Å². The lowest BCUT2D eigenvalue weighted by Crippen LogP contribution is -2.33. The normalized spacial score (nSPS) is 17.8. The second kappa shape index (κ2) is 7.14. The second-order valence-electron chi connectivity index (χ2n) is 6.82. The molecular weight excluding hydrogens is 316 g/mol. The summed E-state index contributed by atoms with van der Waals surface area (Å²) in [5.41, 5.74) is 3.71. The van der Waals surface area contributed by atoms with Crippen LogP contribution < -0.4 is 0 Å². The number of aromatic nitrogens is 1. The maximum absolute atomic E-state index is 12.6. The van der Waals surface area contributed by atoms with Crippen LogP contribution in [0.25, 0.3) is 10.9 Å². The lowest BCUT2D eigenvalue weighted by molar-refractivity contribution is -0.128. The number of hydrogen-bond donors (Lipinski definition) is 0. The van der Waals surface area contributed by atoms with Crippen LogP contribution in [0.2, 0.25) is 0 Å². The predicted octanol–water partition coefficient (Wildman–Crippen LogP) is 4.22. The maximum Gasteiger partial charge on any atom is 0.232 e. The summed E-state index contributed by atoms with van der Waals surface area (Å²) in [5.74, 6) is 0.856. The van der Waals surface area contributed by atoms with Gasteiger partial charge in [-0.25, -0.2) is 0 Å². The largest absolute Gasteiger partial charge is 0.342 e. The molecule has 0 radical (unpaired) electrons. The topological polar surface area (TPSA) is 33.2 Å². The zero-order chi connectivity index (χ0) is 16.4. The summed E-state index contributed by atoms with van der Waals surface area (Å²) in [7, 11) is 0. The van der Waals surface area contributed by atoms with Gasteiger partial charge in [-0.15, -0.1) is 11.8 Å². The van der Waals surface area contributed by atoms with E-state index >= 15 is 0 Å². The van der Waals surface area contributed by atoms with Crippen molar-refractivity contribution in [3.63, 3.8) is 0 Å². The van der Waals surface area contributed by atoms with Crippen molar-refractivity contribution in [2.24, 2.45) is 0 Å². The van der Waals surface area contributed by atoms with E-state index in [4.69, 9.17) is 4.98 Å². The van der Waals surface area contributed by atoms with E-state index in [9.17, 15) is 4.79 Å². The molecule has 0 spiro atoms. The Labute approximate surface area is 147 Å². The van der Waals surface area contributed by atoms with Crippen molar-refractivity contribution < 1.29 is 4.79 Å². The number of carbonyl (C=O) groups is 1. The molecule has 0 unspecified atom stereocenters. The average molecular weight is 340 g/mol. The second-order valence-corrected chi connectivity index (χ2v) is 7.81. The van der Waals surface area contributed by atoms with Crippen molar-refractivity contribution in [1.29, 1.82) is 0 Å². The van der Waals surface area contributed by atoms with Crippen LogP contribution in [0, 0.1) is 0 Å². The quantitative estimate of drug-likeness (QED) is 0.785. The summed E-state index contributed by atoms with van der Waals surface area (Å²) >= 11 is 1.73. The lowest BCUT2D eigenvalue weighted by atomic mass is 10.1. The summed E-state index contributed by atoms with van der Waals surface area (Å²) < 4.78 is 0. The number of hydrogen-bond acceptors (Lipinski definition) is 3. The molecule has 4 rings (SSSR count). The molecule has 0 bridgehead atoms. The van der Waals surface area contributed by atoms with Gasteiger partial charge in [0.2, 0.25) is 5.91 Å². The standard InChI is InChI=1S/C20H24N2OS/c23-19(22-12-5-1-2-6-13-22)14-24-20-15-8-3-4-10-17(15)21-18-11-7-9-16(18)20/h3-4,8,10H,1-2,5-7,9,11-14H2. The van der Waals surface area contributed by atoms with Crippen LogP contribution in [0.1, 0.15) is 43.4 Å². The minimum atomic E-state index is 0.301. The number of nitrogens with zero attached hydrogens (tertiary/aromatic N) is 2. The van der Waals surface area contributed by atoms with E-state index in [0.717, 1.165) is 44.3 Å². The monoisotopic (exact) mass is 340 g/mol. The van der Waals surface area contributed by atoms with Gasteiger partial charge in [-0.05, 0) is 43.7 Å². The van der Waals surface area contributed by atoms with Gasteiger partial charge in [-0.3, -0.25) is 9.78 Å². The average Bonchev–Trinajstić information content (AvgIpc) is 2.90. The fourth-order valence-electron chi connectivity index (χ4n) is 3.88. The van der Waals surface area contributed by atoms with Crippen molar-refractivity contribution in [3.8, 4) is 0 Å². The minimum absolute atomic E-state index is 0.301. The third-order valence-corrected chi connectivity index (χ3v) is 6.31. The van der Waals surface area contributed by atoms with Crippen molar-refractivity contribution in [3.05, 3.63) is 35.5 Å². The van der Waals surface area contributed by atoms with Crippen molar-refractivity contribution in [2.75, 3.05) is 18.8 Å². The van der Waals surface area contributed by atoms with Crippen LogP contribution in [0.15, 0.2) is 29.2 Å². The van der Waals surface area contributed by atoms with E-state index in [1.54, 1.807) is 11.8 Å². The highest BCUT2D eigenvalue weighted by Gasteiger charge is 2.22. The van der Waals surface area contributed by atoms with Gasteiger partial charge < -0.3 is 4.90 Å². The van der Waals surface area contributed by atoms with Gasteiger partial charge in [-0.2, -0.15) is 0 Å². The van der Waals surface area contributed by atoms with Gasteiger partial charge in [0, 0.05) is 29.1 Å². The molecule has 1 aromatic heterocycles. The van der Waals surface area contributed by atoms with Gasteiger partial charge in [0.25, 0.3) is 0 Å². The van der Waals surface area contributed by atoms with Crippen LogP contribution >= 0.6 is 11.8 Å². The third-order valence-electron chi connectivity index (χ3n) is 5.17. The molecular formula is C20H24N2OS. The molecule has 0 saturated carbocycles. The molecule has 24 heavy (non-hydrogen) atoms. The summed E-state index contributed by atoms with van der Waals surface area (Å²) in [6, 6.07) is 8.37. The van der Waals surface area contributed by atoms with Crippen LogP contribution in [-0.2, 0) is 17.6 Å². The zero-order valence-corrected chi connectivity index (χ0v) is 14.9. The first-order valence-corrected chi connectivity index (χ1v) is 10.1. The van der Waals surface area contributed by atoms with Gasteiger partial charge in [-0.1, -0.05) is 31.0 Å². The van der Waals surface area contributed by atoms with Crippen molar-refractivity contribution in [2.45, 2.75) is 49.8 Å². The number of amides is 1. The number of para-hydroxylation sites is 1. The Kier molecular flexibility index (Phi) is 4.74. The van der Waals surface area contributed by atoms with Gasteiger partial charge >= 0.3 is 0 Å². The highest BCUT2D eigenvalue weighted by atomic mass is 32.2. The van der Waals surface area contributed by atoms with E-state index in [1.807, 2.05) is 6.07 Å². The zero-order valence-electron chi connectivity index (χ0n) is 14.1. The molecule has 1 aliphatic carbocycles. The fourth-order valence-corrected chi connectivity index (χ4v) is 5.05. The van der Waals surface area contributed by atoms with E-state index in [-0.39, 0.29) is 0 Å². The Hall–Kier alpha value is -1.55. The Morgan fingerprint density at radius 3 is 2.67 bits per heavy atom. The molecule has 1 amide bonds. The Balaban J connectivity index is 1.57. The van der Waals surface area contributed by atoms with Crippen molar-refractivity contribution in [1.82, 2.24) is 9.88 Å². The first-order valence-electron chi connectivity index (χ1n) is 9.14. The molecule has 3 nitrogen and oxygen atoms in total. The predicted molar refractivity (Wildman–Crippen MR) is 99.5 cm³/mol. The molecule has 126 valence electrons. The molecule has 2 aliphatic rings. The van der Waals surface area contributed by atoms with Gasteiger partial charge in [0.15, 0.2) is 0 Å². The third kappa shape index (κ3) is 3.16. The molecule has 4 heteroatoms. The molecule has 1 aliphatic heterocycles. The number of thioether (sulfide) groups is 1. The molecule has 1 aromatic carbocycles. The Morgan fingerprint density at radius 2 is 1.83 bits per heavy atom. The molecule has 0 atom stereocenters. The number of fused-ring (bicyclic) bond motifs is 2. The lowest BCUT2D eigenvalue weighted by Gasteiger charge is -2.20. The minimum Gasteiger partial charge on any atom is -0.342 e. The smallest absolute Gasteiger partial charge is 0.232 e.